The van der Waals surface area contributed by atoms with Crippen molar-refractivity contribution in [3.05, 3.63) is 5.66 Å². The van der Waals surface area contributed by atoms with Gasteiger partial charge in [-0.1, -0.05) is 41.5 Å². The van der Waals surface area contributed by atoms with Gasteiger partial charge in [0.2, 0.25) is 0 Å². The fourth-order valence-electron chi connectivity index (χ4n) is 1.12. The van der Waals surface area contributed by atoms with Crippen molar-refractivity contribution in [2.75, 3.05) is 0 Å². The van der Waals surface area contributed by atoms with Gasteiger partial charge in [-0.05, 0) is 10.8 Å². The molecule has 0 aliphatic carbocycles. The van der Waals surface area contributed by atoms with Crippen LogP contribution in [0.25, 0.3) is 0 Å². The van der Waals surface area contributed by atoms with Crippen molar-refractivity contribution in [3.8, 4) is 0 Å². The SMILES string of the molecule is CC(C)(C)[C](P)C(C)(C)C. The van der Waals surface area contributed by atoms with Gasteiger partial charge in [-0.3, -0.25) is 0 Å². The standard InChI is InChI=1S/C9H20P/c1-8(2,3)7(10)9(4,5)6/h10H2,1-6H3. The summed E-state index contributed by atoms with van der Waals surface area (Å²) in [6, 6.07) is 0. The lowest BCUT2D eigenvalue weighted by atomic mass is 9.77. The first-order valence-corrected chi connectivity index (χ1v) is 4.37. The molecule has 10 heavy (non-hydrogen) atoms. The summed E-state index contributed by atoms with van der Waals surface area (Å²) in [6.45, 7) is 13.5. The summed E-state index contributed by atoms with van der Waals surface area (Å²) < 4.78 is 0. The van der Waals surface area contributed by atoms with E-state index in [1.807, 2.05) is 0 Å². The van der Waals surface area contributed by atoms with E-state index in [-0.39, 0.29) is 0 Å². The van der Waals surface area contributed by atoms with Gasteiger partial charge in [-0.2, -0.15) is 0 Å². The highest BCUT2D eigenvalue weighted by Gasteiger charge is 2.31. The van der Waals surface area contributed by atoms with Crippen LogP contribution in [0, 0.1) is 16.5 Å². The molecule has 0 aromatic carbocycles. The Morgan fingerprint density at radius 2 is 1.00 bits per heavy atom. The van der Waals surface area contributed by atoms with Crippen molar-refractivity contribution in [2.24, 2.45) is 10.8 Å². The maximum atomic E-state index is 2.87. The first kappa shape index (κ1) is 10.4. The predicted molar refractivity (Wildman–Crippen MR) is 51.9 cm³/mol. The molecule has 1 heteroatoms. The third-order valence-electron chi connectivity index (χ3n) is 1.62. The molecule has 0 saturated carbocycles. The van der Waals surface area contributed by atoms with Crippen LogP contribution in [0.5, 0.6) is 0 Å². The summed E-state index contributed by atoms with van der Waals surface area (Å²) >= 11 is 0. The molecule has 0 saturated heterocycles. The van der Waals surface area contributed by atoms with Crippen LogP contribution >= 0.6 is 9.24 Å². The van der Waals surface area contributed by atoms with Crippen molar-refractivity contribution < 1.29 is 0 Å². The largest absolute Gasteiger partial charge is 0.129 e. The molecule has 1 unspecified atom stereocenters. The molecule has 0 amide bonds. The number of rotatable bonds is 0. The molecule has 1 radical (unpaired) electrons. The Labute approximate surface area is 68.0 Å². The summed E-state index contributed by atoms with van der Waals surface area (Å²) in [5.74, 6) is 0. The predicted octanol–water partition coefficient (Wildman–Crippen LogP) is 3.49. The minimum atomic E-state index is 0.322. The smallest absolute Gasteiger partial charge is 0.00466 e. The monoisotopic (exact) mass is 159 g/mol. The third-order valence-corrected chi connectivity index (χ3v) is 3.35. The topological polar surface area (TPSA) is 0 Å². The van der Waals surface area contributed by atoms with Crippen LogP contribution in [0.15, 0.2) is 0 Å². The van der Waals surface area contributed by atoms with Crippen molar-refractivity contribution in [3.63, 3.8) is 0 Å². The van der Waals surface area contributed by atoms with E-state index >= 15 is 0 Å². The van der Waals surface area contributed by atoms with Crippen molar-refractivity contribution in [1.82, 2.24) is 0 Å². The molecule has 0 N–H and O–H groups in total. The maximum absolute atomic E-state index is 2.87. The van der Waals surface area contributed by atoms with Gasteiger partial charge in [0.1, 0.15) is 0 Å². The first-order valence-electron chi connectivity index (χ1n) is 3.79. The van der Waals surface area contributed by atoms with E-state index in [0.717, 1.165) is 0 Å². The normalized spacial score (nSPS) is 14.4. The van der Waals surface area contributed by atoms with Crippen molar-refractivity contribution in [1.29, 1.82) is 0 Å². The zero-order valence-corrected chi connectivity index (χ0v) is 9.23. The lowest BCUT2D eigenvalue weighted by molar-refractivity contribution is 0.331. The number of hydrogen-bond acceptors (Lipinski definition) is 0. The van der Waals surface area contributed by atoms with Gasteiger partial charge in [0.25, 0.3) is 0 Å². The maximum Gasteiger partial charge on any atom is 0.00466 e. The van der Waals surface area contributed by atoms with E-state index < -0.39 is 0 Å². The van der Waals surface area contributed by atoms with Crippen LogP contribution in [-0.4, -0.2) is 0 Å². The minimum absolute atomic E-state index is 0.322. The summed E-state index contributed by atoms with van der Waals surface area (Å²) in [5.41, 5.74) is 2.13. The van der Waals surface area contributed by atoms with Crippen LogP contribution < -0.4 is 0 Å². The highest BCUT2D eigenvalue weighted by Crippen LogP contribution is 2.46. The van der Waals surface area contributed by atoms with E-state index in [1.165, 1.54) is 5.66 Å². The molecule has 0 fully saturated rings. The highest BCUT2D eigenvalue weighted by molar-refractivity contribution is 7.21. The lowest BCUT2D eigenvalue weighted by Crippen LogP contribution is -2.25. The summed E-state index contributed by atoms with van der Waals surface area (Å²) in [7, 11) is 2.87. The Balaban J connectivity index is 4.23. The molecule has 0 aromatic heterocycles. The quantitative estimate of drug-likeness (QED) is 0.475. The van der Waals surface area contributed by atoms with Crippen LogP contribution in [-0.2, 0) is 0 Å². The van der Waals surface area contributed by atoms with Gasteiger partial charge in [-0.15, -0.1) is 9.24 Å². The Morgan fingerprint density at radius 3 is 1.00 bits per heavy atom. The molecule has 0 aliphatic heterocycles. The number of hydrogen-bond donors (Lipinski definition) is 0. The summed E-state index contributed by atoms with van der Waals surface area (Å²) in [5, 5.41) is 0. The van der Waals surface area contributed by atoms with Gasteiger partial charge in [0.05, 0.1) is 0 Å². The molecule has 0 spiro atoms. The summed E-state index contributed by atoms with van der Waals surface area (Å²) in [4.78, 5) is 0. The Hall–Kier alpha value is 0.430. The van der Waals surface area contributed by atoms with Crippen LogP contribution in [0.1, 0.15) is 41.5 Å². The Bertz CT molecular complexity index is 88.9. The molecule has 0 aromatic rings. The second-order valence-corrected chi connectivity index (χ2v) is 5.49. The highest BCUT2D eigenvalue weighted by atomic mass is 31.0. The van der Waals surface area contributed by atoms with Gasteiger partial charge < -0.3 is 0 Å². The van der Waals surface area contributed by atoms with E-state index in [2.05, 4.69) is 50.8 Å². The first-order chi connectivity index (χ1) is 4.15. The second kappa shape index (κ2) is 2.81. The Morgan fingerprint density at radius 1 is 0.800 bits per heavy atom. The molecular weight excluding hydrogens is 139 g/mol. The third kappa shape index (κ3) is 3.01. The van der Waals surface area contributed by atoms with Gasteiger partial charge >= 0.3 is 0 Å². The average molecular weight is 159 g/mol. The van der Waals surface area contributed by atoms with Crippen LogP contribution in [0.4, 0.5) is 0 Å². The molecule has 0 aliphatic rings. The Kier molecular flexibility index (Phi) is 2.94. The fourth-order valence-corrected chi connectivity index (χ4v) is 1.12. The average Bonchev–Trinajstić information content (AvgIpc) is 1.59. The van der Waals surface area contributed by atoms with Crippen LogP contribution in [0.3, 0.4) is 0 Å². The van der Waals surface area contributed by atoms with Gasteiger partial charge in [0.15, 0.2) is 0 Å². The minimum Gasteiger partial charge on any atom is -0.129 e. The van der Waals surface area contributed by atoms with E-state index in [1.54, 1.807) is 0 Å². The zero-order valence-electron chi connectivity index (χ0n) is 8.08. The lowest BCUT2D eigenvalue weighted by Gasteiger charge is -2.37. The van der Waals surface area contributed by atoms with Crippen molar-refractivity contribution in [2.45, 2.75) is 41.5 Å². The molecule has 0 bridgehead atoms. The second-order valence-electron chi connectivity index (χ2n) is 4.91. The zero-order chi connectivity index (χ0) is 8.58. The van der Waals surface area contributed by atoms with Crippen molar-refractivity contribution >= 4 is 9.24 Å². The van der Waals surface area contributed by atoms with E-state index in [4.69, 9.17) is 0 Å². The molecule has 0 rings (SSSR count). The molecule has 61 valence electrons. The van der Waals surface area contributed by atoms with E-state index in [9.17, 15) is 0 Å². The van der Waals surface area contributed by atoms with Gasteiger partial charge in [-0.25, -0.2) is 0 Å². The summed E-state index contributed by atoms with van der Waals surface area (Å²) in [6.07, 6.45) is 0. The molecule has 1 atom stereocenters. The molecule has 0 heterocycles. The molecule has 0 nitrogen and oxygen atoms in total. The van der Waals surface area contributed by atoms with Gasteiger partial charge in [0, 0.05) is 5.66 Å². The van der Waals surface area contributed by atoms with Crippen LogP contribution in [0.2, 0.25) is 0 Å². The fraction of sp³-hybridized carbons (Fsp3) is 0.889. The van der Waals surface area contributed by atoms with E-state index in [0.29, 0.717) is 10.8 Å². The molecular formula is C9H20P.